The predicted octanol–water partition coefficient (Wildman–Crippen LogP) is 4.40. The Morgan fingerprint density at radius 2 is 1.68 bits per heavy atom. The topological polar surface area (TPSA) is 58.4 Å². The summed E-state index contributed by atoms with van der Waals surface area (Å²) in [6.45, 7) is 1.20. The second-order valence-electron chi connectivity index (χ2n) is 8.68. The van der Waals surface area contributed by atoms with Gasteiger partial charge in [0.1, 0.15) is 0 Å². The predicted molar refractivity (Wildman–Crippen MR) is 128 cm³/mol. The summed E-state index contributed by atoms with van der Waals surface area (Å²) in [6.07, 6.45) is 5.34. The molecular formula is C27H33N3O. The standard InChI is InChI=1S/C27H33N3O/c1-30(24-10-3-4-11-24)27(31)26(17-20-13-15-21(18-28)16-14-20)29-19-23-9-6-8-22-7-2-5-12-25(22)23/h2,5-9,12-16,24,26,29H,3-4,10-11,17-19,28H2,1H3/t26-/m0/s1. The van der Waals surface area contributed by atoms with Crippen LogP contribution in [0, 0.1) is 0 Å². The van der Waals surface area contributed by atoms with Crippen LogP contribution in [0.4, 0.5) is 0 Å². The van der Waals surface area contributed by atoms with Gasteiger partial charge >= 0.3 is 0 Å². The molecule has 4 nitrogen and oxygen atoms in total. The maximum absolute atomic E-state index is 13.5. The third kappa shape index (κ3) is 5.15. The van der Waals surface area contributed by atoms with Crippen LogP contribution in [0.5, 0.6) is 0 Å². The molecule has 31 heavy (non-hydrogen) atoms. The number of hydrogen-bond donors (Lipinski definition) is 2. The summed E-state index contributed by atoms with van der Waals surface area (Å²) in [5.74, 6) is 0.190. The number of nitrogens with one attached hydrogen (secondary N) is 1. The number of carbonyl (C=O) groups is 1. The molecule has 4 heteroatoms. The average Bonchev–Trinajstić information content (AvgIpc) is 3.36. The largest absolute Gasteiger partial charge is 0.341 e. The van der Waals surface area contributed by atoms with Crippen molar-refractivity contribution in [1.29, 1.82) is 0 Å². The van der Waals surface area contributed by atoms with Crippen molar-refractivity contribution < 1.29 is 4.79 Å². The van der Waals surface area contributed by atoms with Gasteiger partial charge < -0.3 is 16.0 Å². The van der Waals surface area contributed by atoms with Gasteiger partial charge in [0.25, 0.3) is 0 Å². The number of benzene rings is 3. The van der Waals surface area contributed by atoms with E-state index in [0.717, 1.165) is 24.0 Å². The molecule has 1 fully saturated rings. The van der Waals surface area contributed by atoms with Crippen molar-refractivity contribution in [3.05, 3.63) is 83.4 Å². The van der Waals surface area contributed by atoms with Gasteiger partial charge in [-0.15, -0.1) is 0 Å². The minimum atomic E-state index is -0.256. The molecule has 3 aromatic carbocycles. The molecule has 0 saturated heterocycles. The van der Waals surface area contributed by atoms with E-state index in [4.69, 9.17) is 5.73 Å². The molecule has 0 radical (unpaired) electrons. The van der Waals surface area contributed by atoms with E-state index in [1.807, 2.05) is 11.9 Å². The number of carbonyl (C=O) groups excluding carboxylic acids is 1. The van der Waals surface area contributed by atoms with Gasteiger partial charge in [0.05, 0.1) is 6.04 Å². The number of likely N-dealkylation sites (N-methyl/N-ethyl adjacent to an activating group) is 1. The first-order valence-electron chi connectivity index (χ1n) is 11.4. The van der Waals surface area contributed by atoms with Crippen LogP contribution in [0.3, 0.4) is 0 Å². The van der Waals surface area contributed by atoms with Crippen molar-refractivity contribution in [3.63, 3.8) is 0 Å². The first kappa shape index (κ1) is 21.5. The van der Waals surface area contributed by atoms with Gasteiger partial charge in [-0.1, -0.05) is 79.6 Å². The summed E-state index contributed by atoms with van der Waals surface area (Å²) >= 11 is 0. The second-order valence-corrected chi connectivity index (χ2v) is 8.68. The molecule has 0 spiro atoms. The highest BCUT2D eigenvalue weighted by Crippen LogP contribution is 2.24. The monoisotopic (exact) mass is 415 g/mol. The normalized spacial score (nSPS) is 15.3. The molecule has 0 aromatic heterocycles. The Morgan fingerprint density at radius 1 is 1.00 bits per heavy atom. The quantitative estimate of drug-likeness (QED) is 0.573. The molecule has 0 aliphatic heterocycles. The lowest BCUT2D eigenvalue weighted by Gasteiger charge is -2.29. The molecule has 1 amide bonds. The molecule has 1 aliphatic rings. The van der Waals surface area contributed by atoms with Crippen molar-refractivity contribution in [2.24, 2.45) is 5.73 Å². The van der Waals surface area contributed by atoms with Gasteiger partial charge in [0, 0.05) is 26.2 Å². The lowest BCUT2D eigenvalue weighted by molar-refractivity contribution is -0.134. The Balaban J connectivity index is 1.53. The number of rotatable bonds is 8. The van der Waals surface area contributed by atoms with Crippen LogP contribution >= 0.6 is 0 Å². The highest BCUT2D eigenvalue weighted by Gasteiger charge is 2.28. The molecular weight excluding hydrogens is 382 g/mol. The van der Waals surface area contributed by atoms with Gasteiger partial charge in [0.15, 0.2) is 0 Å². The second kappa shape index (κ2) is 10.1. The van der Waals surface area contributed by atoms with Crippen molar-refractivity contribution in [1.82, 2.24) is 10.2 Å². The van der Waals surface area contributed by atoms with Crippen LogP contribution in [-0.2, 0) is 24.3 Å². The first-order valence-corrected chi connectivity index (χ1v) is 11.4. The van der Waals surface area contributed by atoms with Gasteiger partial charge in [-0.25, -0.2) is 0 Å². The van der Waals surface area contributed by atoms with Gasteiger partial charge in [-0.05, 0) is 46.7 Å². The summed E-state index contributed by atoms with van der Waals surface area (Å²) < 4.78 is 0. The van der Waals surface area contributed by atoms with E-state index in [2.05, 4.69) is 72.0 Å². The van der Waals surface area contributed by atoms with Crippen LogP contribution in [0.15, 0.2) is 66.7 Å². The third-order valence-corrected chi connectivity index (χ3v) is 6.64. The fourth-order valence-electron chi connectivity index (χ4n) is 4.69. The van der Waals surface area contributed by atoms with Crippen molar-refractivity contribution in [2.45, 2.75) is 57.3 Å². The van der Waals surface area contributed by atoms with Crippen molar-refractivity contribution >= 4 is 16.7 Å². The Bertz CT molecular complexity index is 1000. The Hall–Kier alpha value is -2.69. The van der Waals surface area contributed by atoms with Crippen molar-refractivity contribution in [3.8, 4) is 0 Å². The Morgan fingerprint density at radius 3 is 2.42 bits per heavy atom. The Labute approximate surface area is 185 Å². The smallest absolute Gasteiger partial charge is 0.240 e. The minimum absolute atomic E-state index is 0.190. The highest BCUT2D eigenvalue weighted by molar-refractivity contribution is 5.86. The van der Waals surface area contributed by atoms with E-state index in [1.165, 1.54) is 29.2 Å². The molecule has 4 rings (SSSR count). The van der Waals surface area contributed by atoms with Crippen molar-refractivity contribution in [2.75, 3.05) is 7.05 Å². The number of nitrogens with two attached hydrogens (primary N) is 1. The molecule has 1 atom stereocenters. The summed E-state index contributed by atoms with van der Waals surface area (Å²) in [4.78, 5) is 15.5. The lowest BCUT2D eigenvalue weighted by atomic mass is 10.0. The third-order valence-electron chi connectivity index (χ3n) is 6.64. The van der Waals surface area contributed by atoms with Gasteiger partial charge in [0.2, 0.25) is 5.91 Å². The van der Waals surface area contributed by atoms with Crippen LogP contribution < -0.4 is 11.1 Å². The fraction of sp³-hybridized carbons (Fsp3) is 0.370. The SMILES string of the molecule is CN(C(=O)[C@H](Cc1ccc(CN)cc1)NCc1cccc2ccccc12)C1CCCC1. The number of fused-ring (bicyclic) bond motifs is 1. The number of nitrogens with zero attached hydrogens (tertiary/aromatic N) is 1. The maximum atomic E-state index is 13.5. The molecule has 0 bridgehead atoms. The van der Waals surface area contributed by atoms with Crippen LogP contribution in [0.2, 0.25) is 0 Å². The zero-order chi connectivity index (χ0) is 21.6. The molecule has 1 saturated carbocycles. The Kier molecular flexibility index (Phi) is 7.00. The van der Waals surface area contributed by atoms with E-state index < -0.39 is 0 Å². The summed E-state index contributed by atoms with van der Waals surface area (Å²) in [7, 11) is 1.97. The summed E-state index contributed by atoms with van der Waals surface area (Å²) in [5, 5.41) is 6.06. The molecule has 1 aliphatic carbocycles. The van der Waals surface area contributed by atoms with Crippen LogP contribution in [0.25, 0.3) is 10.8 Å². The minimum Gasteiger partial charge on any atom is -0.341 e. The van der Waals surface area contributed by atoms with E-state index in [0.29, 0.717) is 25.6 Å². The average molecular weight is 416 g/mol. The number of hydrogen-bond acceptors (Lipinski definition) is 3. The summed E-state index contributed by atoms with van der Waals surface area (Å²) in [5.41, 5.74) is 9.23. The zero-order valence-electron chi connectivity index (χ0n) is 18.4. The van der Waals surface area contributed by atoms with Crippen LogP contribution in [0.1, 0.15) is 42.4 Å². The fourth-order valence-corrected chi connectivity index (χ4v) is 4.69. The van der Waals surface area contributed by atoms with Gasteiger partial charge in [-0.2, -0.15) is 0 Å². The molecule has 162 valence electrons. The van der Waals surface area contributed by atoms with E-state index in [-0.39, 0.29) is 11.9 Å². The summed E-state index contributed by atoms with van der Waals surface area (Å²) in [6, 6.07) is 23.2. The van der Waals surface area contributed by atoms with Gasteiger partial charge in [-0.3, -0.25) is 4.79 Å². The molecule has 0 heterocycles. The number of amides is 1. The van der Waals surface area contributed by atoms with E-state index in [9.17, 15) is 4.79 Å². The molecule has 0 unspecified atom stereocenters. The van der Waals surface area contributed by atoms with E-state index >= 15 is 0 Å². The zero-order valence-corrected chi connectivity index (χ0v) is 18.4. The highest BCUT2D eigenvalue weighted by atomic mass is 16.2. The lowest BCUT2D eigenvalue weighted by Crippen LogP contribution is -2.49. The van der Waals surface area contributed by atoms with E-state index in [1.54, 1.807) is 0 Å². The first-order chi connectivity index (χ1) is 15.2. The maximum Gasteiger partial charge on any atom is 0.240 e. The molecule has 3 N–H and O–H groups in total. The molecule has 3 aromatic rings. The van der Waals surface area contributed by atoms with Crippen LogP contribution in [-0.4, -0.2) is 29.9 Å².